The normalized spacial score (nSPS) is 51.7. The van der Waals surface area contributed by atoms with E-state index in [1.54, 1.807) is 6.08 Å². The van der Waals surface area contributed by atoms with Crippen LogP contribution in [0.3, 0.4) is 0 Å². The summed E-state index contributed by atoms with van der Waals surface area (Å²) >= 11 is 0. The fourth-order valence-electron chi connectivity index (χ4n) is 17.5. The van der Waals surface area contributed by atoms with Crippen molar-refractivity contribution < 1.29 is 135 Å². The minimum Gasteiger partial charge on any atom is -0.456 e. The van der Waals surface area contributed by atoms with Crippen molar-refractivity contribution in [2.24, 2.45) is 39.4 Å². The molecule has 0 bridgehead atoms. The number of methoxy groups -OCH3 is 1. The third-order valence-electron chi connectivity index (χ3n) is 22.2. The van der Waals surface area contributed by atoms with Gasteiger partial charge in [-0.2, -0.15) is 8.42 Å². The summed E-state index contributed by atoms with van der Waals surface area (Å²) in [4.78, 5) is 14.5. The zero-order valence-electron chi connectivity index (χ0n) is 49.9. The van der Waals surface area contributed by atoms with Crippen molar-refractivity contribution in [3.63, 3.8) is 0 Å². The van der Waals surface area contributed by atoms with Crippen molar-refractivity contribution in [3.05, 3.63) is 11.6 Å². The molecule has 13 N–H and O–H groups in total. The van der Waals surface area contributed by atoms with Crippen molar-refractivity contribution in [2.75, 3.05) is 53.4 Å². The number of hydrogen-bond acceptors (Lipinski definition) is 27. The van der Waals surface area contributed by atoms with Crippen molar-refractivity contribution >= 4 is 16.4 Å². The van der Waals surface area contributed by atoms with E-state index in [9.17, 15) is 79.0 Å². The van der Waals surface area contributed by atoms with Gasteiger partial charge in [-0.15, -0.1) is 0 Å². The van der Waals surface area contributed by atoms with Gasteiger partial charge in [0.1, 0.15) is 89.9 Å². The van der Waals surface area contributed by atoms with Gasteiger partial charge in [0.15, 0.2) is 18.7 Å². The quantitative estimate of drug-likeness (QED) is 0.0282. The number of allylic oxidation sites excluding steroid dienone is 1. The molecule has 6 saturated heterocycles. The molecule has 10 rings (SSSR count). The van der Waals surface area contributed by atoms with Crippen molar-refractivity contribution in [3.8, 4) is 0 Å². The van der Waals surface area contributed by atoms with E-state index >= 15 is 0 Å². The van der Waals surface area contributed by atoms with E-state index in [1.807, 2.05) is 34.6 Å². The predicted octanol–water partition coefficient (Wildman–Crippen LogP) is -2.96. The van der Waals surface area contributed by atoms with E-state index in [1.165, 1.54) is 14.0 Å². The molecule has 29 atom stereocenters. The molecule has 494 valence electrons. The first-order valence-electron chi connectivity index (χ1n) is 30.1. The molecule has 5 unspecified atom stereocenters. The first kappa shape index (κ1) is 67.1. The van der Waals surface area contributed by atoms with E-state index in [0.29, 0.717) is 38.5 Å². The van der Waals surface area contributed by atoms with Gasteiger partial charge in [-0.3, -0.25) is 9.35 Å². The van der Waals surface area contributed by atoms with Crippen LogP contribution in [0.4, 0.5) is 0 Å². The maximum atomic E-state index is 14.5. The topological polar surface area (TPSA) is 425 Å². The SMILES string of the molecule is CO[C@@H]1[C@@H](O)[C@H](COC[C@H]2[C@@H](O)[C@H](COC[C@@]3(O)[C@@H](O)[C@H](O[C@H]4[C@H](O[C@H]5CC[C@]6(C)C7=C[C@H](O)C89C(=O)OC(C%10CCC(C)(C)O%10)[C@@]8(O)CC[C@@]9(C)C7CCC6C5(C)C)OC[C@@H](OS(=O)(=O)O)[C@@H]4O)O[C@H](C)[C@@H]3O)O[C@H](CO)[C@H]2O)O[C@H](CO)[C@H]1O. The Kier molecular flexibility index (Phi) is 18.9. The average Bonchev–Trinajstić information content (AvgIpc) is 1.44. The number of esters is 1. The lowest BCUT2D eigenvalue weighted by molar-refractivity contribution is -0.378. The van der Waals surface area contributed by atoms with E-state index < -0.39 is 229 Å². The number of hydrogen-bond donors (Lipinski definition) is 13. The number of aliphatic hydroxyl groups is 12. The summed E-state index contributed by atoms with van der Waals surface area (Å²) in [5, 5.41) is 136. The smallest absolute Gasteiger partial charge is 0.397 e. The summed E-state index contributed by atoms with van der Waals surface area (Å²) in [5.74, 6) is -2.13. The zero-order chi connectivity index (χ0) is 62.8. The maximum Gasteiger partial charge on any atom is 0.397 e. The summed E-state index contributed by atoms with van der Waals surface area (Å²) in [5.41, 5.74) is -7.63. The van der Waals surface area contributed by atoms with Crippen LogP contribution < -0.4 is 0 Å². The number of aliphatic hydroxyl groups excluding tert-OH is 10. The highest BCUT2D eigenvalue weighted by Crippen LogP contribution is 2.76. The molecule has 86 heavy (non-hydrogen) atoms. The van der Waals surface area contributed by atoms with Crippen LogP contribution in [0.5, 0.6) is 0 Å². The fraction of sp³-hybridized carbons (Fsp3) is 0.947. The van der Waals surface area contributed by atoms with Crippen molar-refractivity contribution in [2.45, 2.75) is 245 Å². The summed E-state index contributed by atoms with van der Waals surface area (Å²) in [6, 6.07) is 0. The molecule has 0 amide bonds. The highest BCUT2D eigenvalue weighted by atomic mass is 32.3. The van der Waals surface area contributed by atoms with Crippen LogP contribution in [0.15, 0.2) is 11.6 Å². The third kappa shape index (κ3) is 11.0. The van der Waals surface area contributed by atoms with Crippen LogP contribution in [-0.4, -0.2) is 279 Å². The Morgan fingerprint density at radius 2 is 1.34 bits per heavy atom. The third-order valence-corrected chi connectivity index (χ3v) is 22.7. The summed E-state index contributed by atoms with van der Waals surface area (Å²) in [6.07, 6.45) is -24.0. The standard InChI is InChI=1S/C57H92O28S/c1-25-45(66)55(69,24-76-22-32-39(62)26(38(61)30(18-58)79-32)20-75-21-33-41(64)43(74-8)40(63)31(19-59)80-33)46(67)49(78-25)82-44-42(65)34(85-86(71,72)73)23-77-48(44)81-37-12-14-53(6)28-17-36(60)57-50(68)83-47(29-11-13-51(2,3)84-29)56(57,70)16-15-54(57,7)27(28)9-10-35(53)52(37,4)5/h17,25-27,29-49,58-67,69-70H,9-16,18-24H2,1-8H3,(H,71,72,73)/t25-,26-,27?,29?,30-,31-,32+,33+,34-,35?,36+,37+,38+,39-,40-,41+,42+,43+,44-,45+,46+,47?,48+,49+,53-,54+,55+,56+,57?/m1/s1. The molecule has 0 aromatic rings. The van der Waals surface area contributed by atoms with E-state index in [4.69, 9.17) is 56.3 Å². The Morgan fingerprint density at radius 3 is 1.98 bits per heavy atom. The van der Waals surface area contributed by atoms with Crippen molar-refractivity contribution in [1.82, 2.24) is 0 Å². The second-order valence-corrected chi connectivity index (χ2v) is 28.7. The van der Waals surface area contributed by atoms with Gasteiger partial charge >= 0.3 is 16.4 Å². The second-order valence-electron chi connectivity index (χ2n) is 27.7. The van der Waals surface area contributed by atoms with Crippen LogP contribution in [0.2, 0.25) is 0 Å². The second kappa shape index (κ2) is 24.3. The highest BCUT2D eigenvalue weighted by molar-refractivity contribution is 7.80. The lowest BCUT2D eigenvalue weighted by Gasteiger charge is -2.64. The lowest BCUT2D eigenvalue weighted by Crippen LogP contribution is -2.70. The Morgan fingerprint density at radius 1 is 0.698 bits per heavy atom. The number of fused-ring (bicyclic) bond motifs is 4. The van der Waals surface area contributed by atoms with Crippen LogP contribution in [-0.2, 0) is 71.5 Å². The molecule has 29 heteroatoms. The van der Waals surface area contributed by atoms with Gasteiger partial charge < -0.3 is 113 Å². The van der Waals surface area contributed by atoms with Gasteiger partial charge in [0.05, 0.1) is 88.5 Å². The number of ether oxygens (including phenoxy) is 11. The summed E-state index contributed by atoms with van der Waals surface area (Å²) in [7, 11) is -3.96. The first-order chi connectivity index (χ1) is 40.2. The minimum atomic E-state index is -5.21. The highest BCUT2D eigenvalue weighted by Gasteiger charge is 2.84. The van der Waals surface area contributed by atoms with Crippen LogP contribution in [0.1, 0.15) is 99.8 Å². The van der Waals surface area contributed by atoms with Gasteiger partial charge in [-0.05, 0) is 100 Å². The summed E-state index contributed by atoms with van der Waals surface area (Å²) < 4.78 is 104. The van der Waals surface area contributed by atoms with Gasteiger partial charge in [-0.25, -0.2) is 4.18 Å². The fourth-order valence-corrected chi connectivity index (χ4v) is 18.0. The monoisotopic (exact) mass is 1260 g/mol. The molecule has 4 aliphatic carbocycles. The van der Waals surface area contributed by atoms with Gasteiger partial charge in [-0.1, -0.05) is 39.3 Å². The van der Waals surface area contributed by atoms with Crippen LogP contribution in [0, 0.1) is 39.4 Å². The Balaban J connectivity index is 0.824. The van der Waals surface area contributed by atoms with Gasteiger partial charge in [0.2, 0.25) is 0 Å². The molecular weight excluding hydrogens is 1160 g/mol. The van der Waals surface area contributed by atoms with E-state index in [0.717, 1.165) is 12.0 Å². The summed E-state index contributed by atoms with van der Waals surface area (Å²) in [6.45, 7) is 9.26. The molecule has 28 nitrogen and oxygen atoms in total. The van der Waals surface area contributed by atoms with Crippen LogP contribution in [0.25, 0.3) is 0 Å². The van der Waals surface area contributed by atoms with E-state index in [2.05, 4.69) is 6.92 Å². The first-order valence-corrected chi connectivity index (χ1v) is 31.5. The molecule has 6 aliphatic heterocycles. The molecular formula is C57H92O28S. The average molecular weight is 1260 g/mol. The lowest BCUT2D eigenvalue weighted by atomic mass is 9.40. The number of carbonyl (C=O) groups is 1. The molecule has 10 aliphatic rings. The van der Waals surface area contributed by atoms with Gasteiger partial charge in [0.25, 0.3) is 0 Å². The Bertz CT molecular complexity index is 2560. The zero-order valence-corrected chi connectivity index (χ0v) is 50.7. The molecule has 0 radical (unpaired) electrons. The van der Waals surface area contributed by atoms with Gasteiger partial charge in [0, 0.05) is 13.0 Å². The number of rotatable bonds is 18. The molecule has 3 saturated carbocycles. The molecule has 9 fully saturated rings. The molecule has 0 aromatic carbocycles. The Labute approximate surface area is 499 Å². The van der Waals surface area contributed by atoms with Crippen molar-refractivity contribution in [1.29, 1.82) is 0 Å². The molecule has 0 aromatic heterocycles. The molecule has 6 heterocycles. The number of cyclic esters (lactones) is 1. The van der Waals surface area contributed by atoms with Crippen LogP contribution >= 0.6 is 0 Å². The Hall–Kier alpha value is -1.80. The number of carbonyl (C=O) groups excluding carboxylic acids is 1. The maximum absolute atomic E-state index is 14.5. The van der Waals surface area contributed by atoms with E-state index in [-0.39, 0.29) is 24.9 Å². The largest absolute Gasteiger partial charge is 0.456 e. The minimum absolute atomic E-state index is 0.138. The molecule has 1 spiro atoms. The predicted molar refractivity (Wildman–Crippen MR) is 289 cm³/mol.